The quantitative estimate of drug-likeness (QED) is 0.784. The molecule has 0 saturated heterocycles. The lowest BCUT2D eigenvalue weighted by atomic mass is 10.1. The van der Waals surface area contributed by atoms with Crippen molar-refractivity contribution in [2.45, 2.75) is 57.8 Å². The Hall–Kier alpha value is -2.25. The molecule has 1 aliphatic carbocycles. The second-order valence-corrected chi connectivity index (χ2v) is 6.75. The fraction of sp³-hybridized carbons (Fsp3) is 0.556. The van der Waals surface area contributed by atoms with Gasteiger partial charge in [0.15, 0.2) is 5.69 Å². The number of halogens is 3. The summed E-state index contributed by atoms with van der Waals surface area (Å²) in [6.45, 7) is 1.75. The maximum Gasteiger partial charge on any atom is 0.435 e. The van der Waals surface area contributed by atoms with Gasteiger partial charge in [-0.05, 0) is 44.7 Å². The molecule has 0 aromatic carbocycles. The summed E-state index contributed by atoms with van der Waals surface area (Å²) in [7, 11) is 1.67. The van der Waals surface area contributed by atoms with Crippen molar-refractivity contribution in [1.82, 2.24) is 14.7 Å². The average Bonchev–Trinajstić information content (AvgIpc) is 3.29. The normalized spacial score (nSPS) is 15.1. The van der Waals surface area contributed by atoms with Crippen molar-refractivity contribution in [2.24, 2.45) is 0 Å². The smallest absolute Gasteiger partial charge is 0.435 e. The first-order valence-corrected chi connectivity index (χ1v) is 8.71. The van der Waals surface area contributed by atoms with Crippen LogP contribution in [0.1, 0.15) is 42.5 Å². The third-order valence-corrected chi connectivity index (χ3v) is 5.00. The second kappa shape index (κ2) is 7.17. The number of nitrogens with zero attached hydrogens (tertiary/aromatic N) is 3. The summed E-state index contributed by atoms with van der Waals surface area (Å²) in [5.41, 5.74) is -0.0487. The molecule has 0 N–H and O–H groups in total. The molecule has 1 amide bonds. The molecule has 2 aromatic rings. The molecule has 0 fully saturated rings. The Balaban J connectivity index is 1.66. The minimum atomic E-state index is -4.48. The molecule has 0 radical (unpaired) electrons. The van der Waals surface area contributed by atoms with E-state index in [1.165, 1.54) is 4.68 Å². The number of carbonyl (C=O) groups excluding carboxylic acids is 1. The Bertz CT molecular complexity index is 765. The van der Waals surface area contributed by atoms with Crippen LogP contribution in [0.25, 0.3) is 0 Å². The molecule has 0 unspecified atom stereocenters. The molecule has 0 saturated carbocycles. The highest BCUT2D eigenvalue weighted by Crippen LogP contribution is 2.36. The van der Waals surface area contributed by atoms with Crippen LogP contribution >= 0.6 is 0 Å². The first-order valence-electron chi connectivity index (χ1n) is 8.71. The third-order valence-electron chi connectivity index (χ3n) is 5.00. The summed E-state index contributed by atoms with van der Waals surface area (Å²) in [6, 6.07) is 3.63. The number of hydrogen-bond donors (Lipinski definition) is 0. The zero-order valence-corrected chi connectivity index (χ0v) is 14.8. The fourth-order valence-corrected chi connectivity index (χ4v) is 3.35. The number of fused-ring (bicyclic) bond motifs is 1. The van der Waals surface area contributed by atoms with E-state index in [-0.39, 0.29) is 24.1 Å². The Kier molecular flexibility index (Phi) is 5.11. The maximum absolute atomic E-state index is 13.1. The maximum atomic E-state index is 13.1. The van der Waals surface area contributed by atoms with E-state index in [4.69, 9.17) is 4.42 Å². The molecule has 142 valence electrons. The van der Waals surface area contributed by atoms with Crippen molar-refractivity contribution in [3.05, 3.63) is 41.1 Å². The van der Waals surface area contributed by atoms with Gasteiger partial charge in [0.05, 0.1) is 6.26 Å². The van der Waals surface area contributed by atoms with E-state index in [9.17, 15) is 18.0 Å². The fourth-order valence-electron chi connectivity index (χ4n) is 3.35. The van der Waals surface area contributed by atoms with Gasteiger partial charge in [0, 0.05) is 30.8 Å². The van der Waals surface area contributed by atoms with Crippen LogP contribution in [0.4, 0.5) is 13.2 Å². The number of aromatic nitrogens is 2. The molecule has 0 aliphatic heterocycles. The number of alkyl halides is 3. The van der Waals surface area contributed by atoms with E-state index < -0.39 is 11.9 Å². The van der Waals surface area contributed by atoms with Gasteiger partial charge >= 0.3 is 6.18 Å². The minimum absolute atomic E-state index is 0.0571. The van der Waals surface area contributed by atoms with E-state index in [0.717, 1.165) is 5.76 Å². The summed E-state index contributed by atoms with van der Waals surface area (Å²) in [5.74, 6) is 0.597. The van der Waals surface area contributed by atoms with Gasteiger partial charge < -0.3 is 9.32 Å². The third kappa shape index (κ3) is 3.78. The number of likely N-dealkylation sites (N-methyl/N-ethyl adjacent to an activating group) is 1. The summed E-state index contributed by atoms with van der Waals surface area (Å²) >= 11 is 0. The average molecular weight is 369 g/mol. The lowest BCUT2D eigenvalue weighted by Crippen LogP contribution is -2.38. The Morgan fingerprint density at radius 3 is 2.85 bits per heavy atom. The van der Waals surface area contributed by atoms with Gasteiger partial charge in [-0.25, -0.2) is 0 Å². The Labute approximate surface area is 149 Å². The minimum Gasteiger partial charge on any atom is -0.469 e. The van der Waals surface area contributed by atoms with Gasteiger partial charge in [0.25, 0.3) is 0 Å². The molecule has 0 spiro atoms. The summed E-state index contributed by atoms with van der Waals surface area (Å²) in [5, 5.41) is 3.70. The molecule has 2 heterocycles. The van der Waals surface area contributed by atoms with Crippen LogP contribution in [0, 0.1) is 0 Å². The molecule has 5 nitrogen and oxygen atoms in total. The second-order valence-electron chi connectivity index (χ2n) is 6.75. The molecule has 26 heavy (non-hydrogen) atoms. The van der Waals surface area contributed by atoms with Crippen LogP contribution < -0.4 is 0 Å². The van der Waals surface area contributed by atoms with Crippen molar-refractivity contribution in [2.75, 3.05) is 7.05 Å². The monoisotopic (exact) mass is 369 g/mol. The topological polar surface area (TPSA) is 51.3 Å². The van der Waals surface area contributed by atoms with Crippen molar-refractivity contribution in [3.63, 3.8) is 0 Å². The number of hydrogen-bond acceptors (Lipinski definition) is 3. The van der Waals surface area contributed by atoms with Gasteiger partial charge in [-0.15, -0.1) is 0 Å². The van der Waals surface area contributed by atoms with Crippen LogP contribution in [0.5, 0.6) is 0 Å². The van der Waals surface area contributed by atoms with Crippen molar-refractivity contribution in [3.8, 4) is 0 Å². The van der Waals surface area contributed by atoms with E-state index >= 15 is 0 Å². The molecule has 1 atom stereocenters. The van der Waals surface area contributed by atoms with Crippen LogP contribution in [0.15, 0.2) is 22.8 Å². The highest BCUT2D eigenvalue weighted by molar-refractivity contribution is 5.76. The van der Waals surface area contributed by atoms with Crippen LogP contribution in [-0.2, 0) is 36.8 Å². The molecular formula is C18H22F3N3O2. The first-order chi connectivity index (χ1) is 12.3. The molecule has 0 bridgehead atoms. The summed E-state index contributed by atoms with van der Waals surface area (Å²) in [6.07, 6.45) is 0.0926. The lowest BCUT2D eigenvalue weighted by molar-refractivity contribution is -0.142. The van der Waals surface area contributed by atoms with Gasteiger partial charge in [0.1, 0.15) is 12.3 Å². The summed E-state index contributed by atoms with van der Waals surface area (Å²) < 4.78 is 45.9. The van der Waals surface area contributed by atoms with Gasteiger partial charge in [-0.3, -0.25) is 9.48 Å². The van der Waals surface area contributed by atoms with Crippen molar-refractivity contribution < 1.29 is 22.4 Å². The number of rotatable bonds is 6. The number of carbonyl (C=O) groups is 1. The SMILES string of the molecule is C[C@@H](CCc1ccco1)N(C)C(=O)Cn1nc(C(F)(F)F)c2c1CCC2. The number of aryl methyl sites for hydroxylation is 1. The zero-order chi connectivity index (χ0) is 18.9. The van der Waals surface area contributed by atoms with E-state index in [0.29, 0.717) is 37.8 Å². The molecule has 3 rings (SSSR count). The Morgan fingerprint density at radius 2 is 2.19 bits per heavy atom. The Morgan fingerprint density at radius 1 is 1.42 bits per heavy atom. The van der Waals surface area contributed by atoms with Crippen molar-refractivity contribution in [1.29, 1.82) is 0 Å². The highest BCUT2D eigenvalue weighted by atomic mass is 19.4. The van der Waals surface area contributed by atoms with E-state index in [2.05, 4.69) is 5.10 Å². The van der Waals surface area contributed by atoms with E-state index in [1.54, 1.807) is 18.2 Å². The van der Waals surface area contributed by atoms with Gasteiger partial charge in [0.2, 0.25) is 5.91 Å². The molecular weight excluding hydrogens is 347 g/mol. The number of amides is 1. The van der Waals surface area contributed by atoms with Gasteiger partial charge in [-0.1, -0.05) is 0 Å². The van der Waals surface area contributed by atoms with Crippen LogP contribution in [0.3, 0.4) is 0 Å². The molecule has 1 aliphatic rings. The first kappa shape index (κ1) is 18.5. The largest absolute Gasteiger partial charge is 0.469 e. The molecule has 8 heteroatoms. The van der Waals surface area contributed by atoms with Crippen molar-refractivity contribution >= 4 is 5.91 Å². The molecule has 2 aromatic heterocycles. The predicted molar refractivity (Wildman–Crippen MR) is 88.5 cm³/mol. The summed E-state index contributed by atoms with van der Waals surface area (Å²) in [4.78, 5) is 14.1. The predicted octanol–water partition coefficient (Wildman–Crippen LogP) is 3.46. The zero-order valence-electron chi connectivity index (χ0n) is 14.8. The van der Waals surface area contributed by atoms with Crippen LogP contribution in [0.2, 0.25) is 0 Å². The van der Waals surface area contributed by atoms with Crippen LogP contribution in [-0.4, -0.2) is 33.7 Å². The standard InChI is InChI=1S/C18H22F3N3O2/c1-12(8-9-13-5-4-10-26-13)23(2)16(25)11-24-15-7-3-6-14(15)17(22-24)18(19,20)21/h4-5,10,12H,3,6-9,11H2,1-2H3/t12-/m0/s1. The number of furan rings is 1. The van der Waals surface area contributed by atoms with Gasteiger partial charge in [-0.2, -0.15) is 18.3 Å². The van der Waals surface area contributed by atoms with E-state index in [1.807, 2.05) is 19.1 Å². The lowest BCUT2D eigenvalue weighted by Gasteiger charge is -2.25. The highest BCUT2D eigenvalue weighted by Gasteiger charge is 2.40.